The van der Waals surface area contributed by atoms with Crippen molar-refractivity contribution >= 4 is 11.6 Å². The van der Waals surface area contributed by atoms with Crippen LogP contribution in [-0.2, 0) is 0 Å². The molecule has 1 aromatic heterocycles. The molecule has 2 heterocycles. The van der Waals surface area contributed by atoms with Gasteiger partial charge in [-0.1, -0.05) is 13.8 Å². The Hall–Kier alpha value is -1.32. The summed E-state index contributed by atoms with van der Waals surface area (Å²) in [4.78, 5) is 11.0. The zero-order chi connectivity index (χ0) is 10.9. The van der Waals surface area contributed by atoms with Crippen molar-refractivity contribution in [2.24, 2.45) is 5.41 Å². The Morgan fingerprint density at radius 2 is 2.20 bits per heavy atom. The molecule has 15 heavy (non-hydrogen) atoms. The summed E-state index contributed by atoms with van der Waals surface area (Å²) in [6.45, 7) is 6.73. The molecule has 0 aliphatic carbocycles. The Kier molecular flexibility index (Phi) is 2.50. The Labute approximate surface area is 90.7 Å². The maximum Gasteiger partial charge on any atom is 0.149 e. The number of hydrogen-bond acceptors (Lipinski definition) is 4. The molecule has 1 aliphatic heterocycles. The van der Waals surface area contributed by atoms with E-state index in [-0.39, 0.29) is 0 Å². The van der Waals surface area contributed by atoms with E-state index in [1.54, 1.807) is 6.20 Å². The molecule has 0 radical (unpaired) electrons. The van der Waals surface area contributed by atoms with Crippen molar-refractivity contribution in [2.45, 2.75) is 20.3 Å². The van der Waals surface area contributed by atoms with Crippen LogP contribution in [0, 0.1) is 5.41 Å². The summed E-state index contributed by atoms with van der Waals surface area (Å²) in [5, 5.41) is 3.01. The van der Waals surface area contributed by atoms with Gasteiger partial charge in [-0.05, 0) is 11.8 Å². The van der Waals surface area contributed by atoms with Crippen LogP contribution in [-0.4, -0.2) is 30.1 Å². The third-order valence-electron chi connectivity index (χ3n) is 2.88. The first-order chi connectivity index (χ1) is 7.11. The lowest BCUT2D eigenvalue weighted by atomic mass is 9.93. The van der Waals surface area contributed by atoms with Gasteiger partial charge in [0, 0.05) is 20.1 Å². The lowest BCUT2D eigenvalue weighted by Crippen LogP contribution is -2.23. The predicted octanol–water partition coefficient (Wildman–Crippen LogP) is 1.75. The highest BCUT2D eigenvalue weighted by atomic mass is 15.2. The van der Waals surface area contributed by atoms with Crippen molar-refractivity contribution in [3.8, 4) is 0 Å². The summed E-state index contributed by atoms with van der Waals surface area (Å²) in [6.07, 6.45) is 4.80. The van der Waals surface area contributed by atoms with E-state index in [0.29, 0.717) is 5.41 Å². The summed E-state index contributed by atoms with van der Waals surface area (Å²) in [5.74, 6) is 1.81. The number of nitrogens with zero attached hydrogens (tertiary/aromatic N) is 3. The van der Waals surface area contributed by atoms with Gasteiger partial charge in [-0.3, -0.25) is 4.98 Å². The van der Waals surface area contributed by atoms with Crippen molar-refractivity contribution in [3.05, 3.63) is 12.4 Å². The summed E-state index contributed by atoms with van der Waals surface area (Å²) in [7, 11) is 1.86. The van der Waals surface area contributed by atoms with Crippen molar-refractivity contribution in [2.75, 3.05) is 30.4 Å². The highest BCUT2D eigenvalue weighted by Crippen LogP contribution is 2.31. The van der Waals surface area contributed by atoms with E-state index in [1.165, 1.54) is 6.42 Å². The molecule has 1 aliphatic rings. The number of aromatic nitrogens is 2. The normalized spacial score (nSPS) is 19.3. The second kappa shape index (κ2) is 3.68. The van der Waals surface area contributed by atoms with Gasteiger partial charge in [0.05, 0.1) is 12.4 Å². The van der Waals surface area contributed by atoms with Crippen molar-refractivity contribution < 1.29 is 0 Å². The lowest BCUT2D eigenvalue weighted by molar-refractivity contribution is 0.418. The van der Waals surface area contributed by atoms with Crippen LogP contribution < -0.4 is 10.2 Å². The molecule has 0 unspecified atom stereocenters. The SMILES string of the molecule is CNc1cncc(N2CCC(C)(C)C2)n1. The molecule has 1 N–H and O–H groups in total. The van der Waals surface area contributed by atoms with Crippen LogP contribution in [0.3, 0.4) is 0 Å². The average Bonchev–Trinajstić information content (AvgIpc) is 2.59. The first kappa shape index (κ1) is 10.2. The van der Waals surface area contributed by atoms with Crippen LogP contribution in [0.1, 0.15) is 20.3 Å². The Bertz CT molecular complexity index is 348. The van der Waals surface area contributed by atoms with E-state index in [4.69, 9.17) is 0 Å². The first-order valence-corrected chi connectivity index (χ1v) is 5.35. The summed E-state index contributed by atoms with van der Waals surface area (Å²) in [6, 6.07) is 0. The van der Waals surface area contributed by atoms with Gasteiger partial charge in [-0.15, -0.1) is 0 Å². The highest BCUT2D eigenvalue weighted by molar-refractivity contribution is 5.44. The molecule has 4 nitrogen and oxygen atoms in total. The Balaban J connectivity index is 2.16. The zero-order valence-electron chi connectivity index (χ0n) is 9.62. The maximum atomic E-state index is 4.49. The van der Waals surface area contributed by atoms with Crippen LogP contribution in [0.5, 0.6) is 0 Å². The van der Waals surface area contributed by atoms with Crippen molar-refractivity contribution in [1.29, 1.82) is 0 Å². The van der Waals surface area contributed by atoms with E-state index in [1.807, 2.05) is 13.2 Å². The van der Waals surface area contributed by atoms with E-state index < -0.39 is 0 Å². The molecule has 0 atom stereocenters. The minimum absolute atomic E-state index is 0.400. The molecule has 0 amide bonds. The molecule has 0 aromatic carbocycles. The van der Waals surface area contributed by atoms with Crippen LogP contribution in [0.4, 0.5) is 11.6 Å². The van der Waals surface area contributed by atoms with Crippen LogP contribution in [0.25, 0.3) is 0 Å². The van der Waals surface area contributed by atoms with Gasteiger partial charge in [0.25, 0.3) is 0 Å². The average molecular weight is 206 g/mol. The molecule has 2 rings (SSSR count). The molecule has 1 saturated heterocycles. The number of rotatable bonds is 2. The third-order valence-corrected chi connectivity index (χ3v) is 2.88. The predicted molar refractivity (Wildman–Crippen MR) is 62.2 cm³/mol. The highest BCUT2D eigenvalue weighted by Gasteiger charge is 2.29. The minimum Gasteiger partial charge on any atom is -0.372 e. The monoisotopic (exact) mass is 206 g/mol. The second-order valence-electron chi connectivity index (χ2n) is 4.85. The number of anilines is 2. The van der Waals surface area contributed by atoms with Gasteiger partial charge < -0.3 is 10.2 Å². The summed E-state index contributed by atoms with van der Waals surface area (Å²) < 4.78 is 0. The number of nitrogens with one attached hydrogen (secondary N) is 1. The molecule has 4 heteroatoms. The second-order valence-corrected chi connectivity index (χ2v) is 4.85. The Morgan fingerprint density at radius 1 is 1.40 bits per heavy atom. The fourth-order valence-corrected chi connectivity index (χ4v) is 1.94. The van der Waals surface area contributed by atoms with Crippen molar-refractivity contribution in [3.63, 3.8) is 0 Å². The quantitative estimate of drug-likeness (QED) is 0.800. The largest absolute Gasteiger partial charge is 0.372 e. The molecular weight excluding hydrogens is 188 g/mol. The van der Waals surface area contributed by atoms with Gasteiger partial charge in [0.2, 0.25) is 0 Å². The minimum atomic E-state index is 0.400. The van der Waals surface area contributed by atoms with Crippen LogP contribution >= 0.6 is 0 Å². The van der Waals surface area contributed by atoms with E-state index >= 15 is 0 Å². The third kappa shape index (κ3) is 2.19. The smallest absolute Gasteiger partial charge is 0.149 e. The van der Waals surface area contributed by atoms with Gasteiger partial charge >= 0.3 is 0 Å². The summed E-state index contributed by atoms with van der Waals surface area (Å²) in [5.41, 5.74) is 0.400. The molecular formula is C11H18N4. The van der Waals surface area contributed by atoms with Gasteiger partial charge in [-0.25, -0.2) is 4.98 Å². The lowest BCUT2D eigenvalue weighted by Gasteiger charge is -2.20. The maximum absolute atomic E-state index is 4.49. The summed E-state index contributed by atoms with van der Waals surface area (Å²) >= 11 is 0. The van der Waals surface area contributed by atoms with Crippen LogP contribution in [0.15, 0.2) is 12.4 Å². The van der Waals surface area contributed by atoms with Crippen LogP contribution in [0.2, 0.25) is 0 Å². The van der Waals surface area contributed by atoms with E-state index in [9.17, 15) is 0 Å². The molecule has 0 saturated carbocycles. The van der Waals surface area contributed by atoms with Gasteiger partial charge in [-0.2, -0.15) is 0 Å². The van der Waals surface area contributed by atoms with Gasteiger partial charge in [0.1, 0.15) is 11.6 Å². The number of hydrogen-bond donors (Lipinski definition) is 1. The van der Waals surface area contributed by atoms with Crippen molar-refractivity contribution in [1.82, 2.24) is 9.97 Å². The van der Waals surface area contributed by atoms with Gasteiger partial charge in [0.15, 0.2) is 0 Å². The van der Waals surface area contributed by atoms with E-state index in [2.05, 4.69) is 34.0 Å². The standard InChI is InChI=1S/C11H18N4/c1-11(2)4-5-15(8-11)10-7-13-6-9(12-3)14-10/h6-7H,4-5,8H2,1-3H3,(H,12,14). The first-order valence-electron chi connectivity index (χ1n) is 5.35. The Morgan fingerprint density at radius 3 is 2.80 bits per heavy atom. The molecule has 82 valence electrons. The molecule has 0 bridgehead atoms. The van der Waals surface area contributed by atoms with E-state index in [0.717, 1.165) is 24.7 Å². The molecule has 1 fully saturated rings. The zero-order valence-corrected chi connectivity index (χ0v) is 9.62. The molecule has 1 aromatic rings. The fourth-order valence-electron chi connectivity index (χ4n) is 1.94. The molecule has 0 spiro atoms. The fraction of sp³-hybridized carbons (Fsp3) is 0.636. The topological polar surface area (TPSA) is 41.1 Å².